The molecule has 0 atom stereocenters. The Hall–Kier alpha value is -0.780. The number of hydrogen-bond acceptors (Lipinski definition) is 0. The summed E-state index contributed by atoms with van der Waals surface area (Å²) in [5.41, 5.74) is 1.21. The van der Waals surface area contributed by atoms with Gasteiger partial charge in [0.2, 0.25) is 0 Å². The van der Waals surface area contributed by atoms with Crippen molar-refractivity contribution < 1.29 is 0 Å². The van der Waals surface area contributed by atoms with Crippen molar-refractivity contribution in [2.75, 3.05) is 0 Å². The summed E-state index contributed by atoms with van der Waals surface area (Å²) >= 11 is 0. The van der Waals surface area contributed by atoms with E-state index in [9.17, 15) is 0 Å². The molecule has 1 aromatic carbocycles. The van der Waals surface area contributed by atoms with Crippen LogP contribution in [0.25, 0.3) is 0 Å². The summed E-state index contributed by atoms with van der Waals surface area (Å²) in [6.07, 6.45) is 3.62. The Balaban J connectivity index is 2.43. The predicted octanol–water partition coefficient (Wildman–Crippen LogP) is 2.63. The van der Waals surface area contributed by atoms with E-state index in [0.717, 1.165) is 6.42 Å². The Morgan fingerprint density at radius 1 is 1.30 bits per heavy atom. The highest BCUT2D eigenvalue weighted by molar-refractivity contribution is 5.11. The minimum absolute atomic E-state index is 1.12. The van der Waals surface area contributed by atoms with Gasteiger partial charge in [-0.1, -0.05) is 31.5 Å². The first-order valence-corrected chi connectivity index (χ1v) is 3.80. The molecule has 0 heterocycles. The summed E-state index contributed by atoms with van der Waals surface area (Å²) in [6.45, 7) is 2.20. The van der Waals surface area contributed by atoms with Crippen molar-refractivity contribution in [3.63, 3.8) is 0 Å². The lowest BCUT2D eigenvalue weighted by atomic mass is 10.1. The lowest BCUT2D eigenvalue weighted by Crippen LogP contribution is -1.82. The van der Waals surface area contributed by atoms with E-state index in [1.165, 1.54) is 18.4 Å². The zero-order valence-electron chi connectivity index (χ0n) is 6.35. The highest BCUT2D eigenvalue weighted by atomic mass is 13.9. The van der Waals surface area contributed by atoms with Gasteiger partial charge in [0, 0.05) is 0 Å². The maximum Gasteiger partial charge on any atom is -0.0143 e. The summed E-state index contributed by atoms with van der Waals surface area (Å²) in [5, 5.41) is 0. The first-order chi connectivity index (χ1) is 4.93. The lowest BCUT2D eigenvalue weighted by Gasteiger charge is -1.95. The maximum atomic E-state index is 3.15. The molecule has 0 saturated heterocycles. The minimum Gasteiger partial charge on any atom is -0.0654 e. The Morgan fingerprint density at radius 2 is 2.00 bits per heavy atom. The molecule has 0 unspecified atom stereocenters. The number of benzene rings is 1. The molecule has 52 valence electrons. The summed E-state index contributed by atoms with van der Waals surface area (Å²) in [4.78, 5) is 0. The fraction of sp³-hybridized carbons (Fsp3) is 0.400. The zero-order chi connectivity index (χ0) is 7.23. The van der Waals surface area contributed by atoms with E-state index in [1.807, 2.05) is 18.2 Å². The van der Waals surface area contributed by atoms with E-state index in [0.29, 0.717) is 0 Å². The van der Waals surface area contributed by atoms with Gasteiger partial charge in [0.1, 0.15) is 0 Å². The Bertz CT molecular complexity index is 165. The van der Waals surface area contributed by atoms with Gasteiger partial charge in [0.05, 0.1) is 0 Å². The molecule has 0 amide bonds. The SMILES string of the molecule is CCCCc1[c]ccc[c]1. The molecule has 2 radical (unpaired) electrons. The smallest absolute Gasteiger partial charge is 0.0143 e. The van der Waals surface area contributed by atoms with Crippen LogP contribution in [0.15, 0.2) is 18.2 Å². The van der Waals surface area contributed by atoms with Gasteiger partial charge in [-0.2, -0.15) is 0 Å². The van der Waals surface area contributed by atoms with Crippen LogP contribution in [0.2, 0.25) is 0 Å². The highest BCUT2D eigenvalue weighted by Gasteiger charge is 1.88. The number of hydrogen-bond donors (Lipinski definition) is 0. The zero-order valence-corrected chi connectivity index (χ0v) is 6.35. The topological polar surface area (TPSA) is 0 Å². The van der Waals surface area contributed by atoms with Crippen LogP contribution in [0.4, 0.5) is 0 Å². The van der Waals surface area contributed by atoms with Crippen LogP contribution in [0, 0.1) is 12.1 Å². The normalized spacial score (nSPS) is 9.70. The largest absolute Gasteiger partial charge is 0.0654 e. The van der Waals surface area contributed by atoms with Gasteiger partial charge in [0.15, 0.2) is 0 Å². The summed E-state index contributed by atoms with van der Waals surface area (Å²) in [5.74, 6) is 0. The fourth-order valence-corrected chi connectivity index (χ4v) is 0.885. The number of unbranched alkanes of at least 4 members (excludes halogenated alkanes) is 1. The Labute approximate surface area is 62.9 Å². The van der Waals surface area contributed by atoms with Crippen molar-refractivity contribution in [3.05, 3.63) is 35.9 Å². The van der Waals surface area contributed by atoms with E-state index < -0.39 is 0 Å². The molecule has 10 heavy (non-hydrogen) atoms. The Morgan fingerprint density at radius 3 is 2.60 bits per heavy atom. The van der Waals surface area contributed by atoms with Crippen LogP contribution in [-0.2, 0) is 6.42 Å². The van der Waals surface area contributed by atoms with Crippen molar-refractivity contribution >= 4 is 0 Å². The second-order valence-electron chi connectivity index (χ2n) is 2.40. The predicted molar refractivity (Wildman–Crippen MR) is 42.7 cm³/mol. The molecular formula is C10H12. The third kappa shape index (κ3) is 2.22. The highest BCUT2D eigenvalue weighted by Crippen LogP contribution is 2.01. The van der Waals surface area contributed by atoms with E-state index in [-0.39, 0.29) is 0 Å². The van der Waals surface area contributed by atoms with Crippen molar-refractivity contribution in [1.29, 1.82) is 0 Å². The molecular weight excluding hydrogens is 120 g/mol. The molecule has 1 rings (SSSR count). The molecule has 0 nitrogen and oxygen atoms in total. The first kappa shape index (κ1) is 7.33. The molecule has 0 N–H and O–H groups in total. The summed E-state index contributed by atoms with van der Waals surface area (Å²) in [7, 11) is 0. The van der Waals surface area contributed by atoms with Crippen LogP contribution in [0.1, 0.15) is 25.3 Å². The molecule has 0 aliphatic heterocycles. The van der Waals surface area contributed by atoms with Crippen molar-refractivity contribution in [3.8, 4) is 0 Å². The monoisotopic (exact) mass is 132 g/mol. The van der Waals surface area contributed by atoms with Gasteiger partial charge in [-0.3, -0.25) is 0 Å². The van der Waals surface area contributed by atoms with E-state index in [4.69, 9.17) is 0 Å². The van der Waals surface area contributed by atoms with Gasteiger partial charge < -0.3 is 0 Å². The summed E-state index contributed by atoms with van der Waals surface area (Å²) < 4.78 is 0. The van der Waals surface area contributed by atoms with Crippen molar-refractivity contribution in [2.24, 2.45) is 0 Å². The average Bonchev–Trinajstić information content (AvgIpc) is 2.03. The third-order valence-corrected chi connectivity index (χ3v) is 1.49. The van der Waals surface area contributed by atoms with E-state index >= 15 is 0 Å². The second-order valence-corrected chi connectivity index (χ2v) is 2.40. The Kier molecular flexibility index (Phi) is 3.01. The fourth-order valence-electron chi connectivity index (χ4n) is 0.885. The number of aryl methyl sites for hydroxylation is 1. The first-order valence-electron chi connectivity index (χ1n) is 3.80. The molecule has 0 spiro atoms. The number of rotatable bonds is 3. The van der Waals surface area contributed by atoms with Gasteiger partial charge in [0.25, 0.3) is 0 Å². The molecule has 0 bridgehead atoms. The molecule has 0 saturated carbocycles. The van der Waals surface area contributed by atoms with Crippen LogP contribution >= 0.6 is 0 Å². The summed E-state index contributed by atoms with van der Waals surface area (Å²) in [6, 6.07) is 12.1. The van der Waals surface area contributed by atoms with E-state index in [2.05, 4.69) is 19.1 Å². The second kappa shape index (κ2) is 4.10. The lowest BCUT2D eigenvalue weighted by molar-refractivity contribution is 0.793. The van der Waals surface area contributed by atoms with Gasteiger partial charge in [-0.05, 0) is 30.5 Å². The standard InChI is InChI=1S/C10H12/c1-2-3-7-10-8-5-4-6-9-10/h4-6H,2-3,7H2,1H3. The maximum absolute atomic E-state index is 3.15. The minimum atomic E-state index is 1.12. The van der Waals surface area contributed by atoms with E-state index in [1.54, 1.807) is 0 Å². The van der Waals surface area contributed by atoms with Crippen molar-refractivity contribution in [2.45, 2.75) is 26.2 Å². The average molecular weight is 132 g/mol. The molecule has 0 aliphatic carbocycles. The van der Waals surface area contributed by atoms with Gasteiger partial charge >= 0.3 is 0 Å². The van der Waals surface area contributed by atoms with Crippen molar-refractivity contribution in [1.82, 2.24) is 0 Å². The van der Waals surface area contributed by atoms with Crippen LogP contribution in [0.3, 0.4) is 0 Å². The van der Waals surface area contributed by atoms with Crippen LogP contribution in [-0.4, -0.2) is 0 Å². The van der Waals surface area contributed by atoms with Crippen LogP contribution in [0.5, 0.6) is 0 Å². The van der Waals surface area contributed by atoms with Crippen LogP contribution < -0.4 is 0 Å². The van der Waals surface area contributed by atoms with Gasteiger partial charge in [-0.15, -0.1) is 0 Å². The molecule has 1 aromatic rings. The van der Waals surface area contributed by atoms with Gasteiger partial charge in [-0.25, -0.2) is 0 Å². The molecule has 0 aromatic heterocycles. The molecule has 0 heteroatoms. The molecule has 0 fully saturated rings. The quantitative estimate of drug-likeness (QED) is 0.593. The third-order valence-electron chi connectivity index (χ3n) is 1.49. The molecule has 0 aliphatic rings.